The molecule has 0 aliphatic heterocycles. The number of hydrogen-bond donors (Lipinski definition) is 1. The number of aryl methyl sites for hydroxylation is 1. The van der Waals surface area contributed by atoms with E-state index in [4.69, 9.17) is 0 Å². The predicted octanol–water partition coefficient (Wildman–Crippen LogP) is 3.65. The summed E-state index contributed by atoms with van der Waals surface area (Å²) in [4.78, 5) is 0.806. The van der Waals surface area contributed by atoms with Crippen LogP contribution in [0.2, 0.25) is 0 Å². The normalized spacial score (nSPS) is 11.8. The number of halogens is 4. The summed E-state index contributed by atoms with van der Waals surface area (Å²) in [5.41, 5.74) is 0.607. The number of rotatable bonds is 5. The van der Waals surface area contributed by atoms with E-state index in [9.17, 15) is 17.6 Å². The molecule has 8 heteroatoms. The Balaban J connectivity index is 1.84. The Bertz CT molecular complexity index is 532. The van der Waals surface area contributed by atoms with Crippen LogP contribution in [0.25, 0.3) is 0 Å². The van der Waals surface area contributed by atoms with Crippen molar-refractivity contribution in [2.24, 2.45) is 0 Å². The summed E-state index contributed by atoms with van der Waals surface area (Å²) < 4.78 is 50.1. The number of hydrogen-bond acceptors (Lipinski definition) is 3. The number of thiophene rings is 1. The van der Waals surface area contributed by atoms with E-state index in [-0.39, 0.29) is 11.7 Å². The smallest absolute Gasteiger partial charge is 0.378 e. The molecule has 0 amide bonds. The zero-order valence-electron chi connectivity index (χ0n) is 9.75. The fourth-order valence-corrected chi connectivity index (χ4v) is 2.12. The number of nitrogens with one attached hydrogen (secondary N) is 1. The van der Waals surface area contributed by atoms with Gasteiger partial charge in [-0.25, -0.2) is 0 Å². The van der Waals surface area contributed by atoms with Gasteiger partial charge in [-0.1, -0.05) is 0 Å². The molecule has 0 aliphatic rings. The Hall–Kier alpha value is -1.57. The van der Waals surface area contributed by atoms with Gasteiger partial charge in [-0.15, -0.1) is 11.3 Å². The highest BCUT2D eigenvalue weighted by molar-refractivity contribution is 7.10. The van der Waals surface area contributed by atoms with Crippen LogP contribution in [0.1, 0.15) is 11.3 Å². The molecule has 0 fully saturated rings. The molecule has 0 atom stereocenters. The minimum absolute atomic E-state index is 0.210. The van der Waals surface area contributed by atoms with Crippen molar-refractivity contribution in [3.05, 3.63) is 34.5 Å². The molecule has 3 nitrogen and oxygen atoms in total. The molecule has 0 radical (unpaired) electrons. The van der Waals surface area contributed by atoms with E-state index in [2.05, 4.69) is 10.4 Å². The fourth-order valence-electron chi connectivity index (χ4n) is 1.45. The third-order valence-electron chi connectivity index (χ3n) is 2.35. The highest BCUT2D eigenvalue weighted by Crippen LogP contribution is 2.21. The number of anilines is 1. The molecule has 1 N–H and O–H groups in total. The lowest BCUT2D eigenvalue weighted by Crippen LogP contribution is -2.12. The second-order valence-corrected chi connectivity index (χ2v) is 5.04. The lowest BCUT2D eigenvalue weighted by Gasteiger charge is -2.05. The standard InChI is InChI=1S/C11H11F4N3S/c12-10-2-1-9(19-10)6-16-8-5-17-18(7-8)4-3-11(13,14)15/h1-2,5,7,16H,3-4,6H2. The van der Waals surface area contributed by atoms with Gasteiger partial charge in [-0.05, 0) is 12.1 Å². The van der Waals surface area contributed by atoms with Gasteiger partial charge in [0.05, 0.1) is 18.3 Å². The molecular weight excluding hydrogens is 282 g/mol. The quantitative estimate of drug-likeness (QED) is 0.853. The molecule has 104 valence electrons. The zero-order chi connectivity index (χ0) is 13.9. The van der Waals surface area contributed by atoms with Crippen LogP contribution in [0.5, 0.6) is 0 Å². The topological polar surface area (TPSA) is 29.9 Å². The highest BCUT2D eigenvalue weighted by atomic mass is 32.1. The van der Waals surface area contributed by atoms with E-state index >= 15 is 0 Å². The van der Waals surface area contributed by atoms with E-state index in [1.165, 1.54) is 23.1 Å². The van der Waals surface area contributed by atoms with E-state index in [0.717, 1.165) is 16.2 Å². The molecule has 19 heavy (non-hydrogen) atoms. The first-order valence-electron chi connectivity index (χ1n) is 5.50. The van der Waals surface area contributed by atoms with Gasteiger partial charge in [0.2, 0.25) is 0 Å². The first-order chi connectivity index (χ1) is 8.92. The van der Waals surface area contributed by atoms with Crippen LogP contribution in [0.15, 0.2) is 24.5 Å². The summed E-state index contributed by atoms with van der Waals surface area (Å²) in [6, 6.07) is 3.02. The van der Waals surface area contributed by atoms with Crippen molar-refractivity contribution in [1.82, 2.24) is 9.78 Å². The summed E-state index contributed by atoms with van der Waals surface area (Å²) in [6.07, 6.45) is -2.16. The largest absolute Gasteiger partial charge is 0.390 e. The van der Waals surface area contributed by atoms with E-state index < -0.39 is 12.6 Å². The minimum Gasteiger partial charge on any atom is -0.378 e. The van der Waals surface area contributed by atoms with Crippen LogP contribution in [0.3, 0.4) is 0 Å². The Labute approximate surface area is 110 Å². The van der Waals surface area contributed by atoms with Crippen molar-refractivity contribution in [2.45, 2.75) is 25.7 Å². The average molecular weight is 293 g/mol. The Morgan fingerprint density at radius 3 is 2.74 bits per heavy atom. The summed E-state index contributed by atoms with van der Waals surface area (Å²) in [5.74, 6) is 0. The molecule has 2 rings (SSSR count). The van der Waals surface area contributed by atoms with Crippen molar-refractivity contribution in [3.63, 3.8) is 0 Å². The predicted molar refractivity (Wildman–Crippen MR) is 64.5 cm³/mol. The van der Waals surface area contributed by atoms with Gasteiger partial charge in [0.25, 0.3) is 0 Å². The van der Waals surface area contributed by atoms with E-state index in [0.29, 0.717) is 12.2 Å². The molecule has 2 aromatic rings. The van der Waals surface area contributed by atoms with Gasteiger partial charge in [-0.2, -0.15) is 22.7 Å². The summed E-state index contributed by atoms with van der Waals surface area (Å²) in [6.45, 7) is 0.207. The Kier molecular flexibility index (Phi) is 4.08. The minimum atomic E-state index is -4.19. The SMILES string of the molecule is Fc1ccc(CNc2cnn(CCC(F)(F)F)c2)s1. The summed E-state index contributed by atoms with van der Waals surface area (Å²) in [5, 5.41) is 6.53. The number of nitrogens with zero attached hydrogens (tertiary/aromatic N) is 2. The van der Waals surface area contributed by atoms with Gasteiger partial charge < -0.3 is 5.32 Å². The second-order valence-electron chi connectivity index (χ2n) is 3.92. The van der Waals surface area contributed by atoms with Crippen LogP contribution in [-0.2, 0) is 13.1 Å². The van der Waals surface area contributed by atoms with Crippen molar-refractivity contribution < 1.29 is 17.6 Å². The lowest BCUT2D eigenvalue weighted by atomic mass is 10.4. The van der Waals surface area contributed by atoms with E-state index in [1.54, 1.807) is 6.07 Å². The average Bonchev–Trinajstić information content (AvgIpc) is 2.92. The maximum atomic E-state index is 12.7. The molecule has 0 aliphatic carbocycles. The fraction of sp³-hybridized carbons (Fsp3) is 0.364. The molecule has 0 saturated heterocycles. The molecule has 0 unspecified atom stereocenters. The van der Waals surface area contributed by atoms with E-state index in [1.807, 2.05) is 0 Å². The lowest BCUT2D eigenvalue weighted by molar-refractivity contribution is -0.137. The summed E-state index contributed by atoms with van der Waals surface area (Å²) in [7, 11) is 0. The van der Waals surface area contributed by atoms with Crippen LogP contribution in [-0.4, -0.2) is 16.0 Å². The van der Waals surface area contributed by atoms with Crippen LogP contribution < -0.4 is 5.32 Å². The molecule has 0 spiro atoms. The first kappa shape index (κ1) is 13.9. The Morgan fingerprint density at radius 1 is 1.32 bits per heavy atom. The van der Waals surface area contributed by atoms with Crippen molar-refractivity contribution in [1.29, 1.82) is 0 Å². The van der Waals surface area contributed by atoms with Gasteiger partial charge in [-0.3, -0.25) is 4.68 Å². The zero-order valence-corrected chi connectivity index (χ0v) is 10.6. The van der Waals surface area contributed by atoms with Crippen LogP contribution in [0.4, 0.5) is 23.2 Å². The van der Waals surface area contributed by atoms with Crippen molar-refractivity contribution in [3.8, 4) is 0 Å². The van der Waals surface area contributed by atoms with Crippen LogP contribution >= 0.6 is 11.3 Å². The monoisotopic (exact) mass is 293 g/mol. The van der Waals surface area contributed by atoms with Gasteiger partial charge >= 0.3 is 6.18 Å². The molecule has 0 aromatic carbocycles. The second kappa shape index (κ2) is 5.60. The van der Waals surface area contributed by atoms with Crippen molar-refractivity contribution in [2.75, 3.05) is 5.32 Å². The molecule has 0 bridgehead atoms. The molecular formula is C11H11F4N3S. The number of alkyl halides is 3. The maximum absolute atomic E-state index is 12.7. The van der Waals surface area contributed by atoms with Crippen LogP contribution in [0, 0.1) is 5.13 Å². The summed E-state index contributed by atoms with van der Waals surface area (Å²) >= 11 is 1.02. The molecule has 0 saturated carbocycles. The van der Waals surface area contributed by atoms with Gasteiger partial charge in [0, 0.05) is 24.2 Å². The first-order valence-corrected chi connectivity index (χ1v) is 6.31. The van der Waals surface area contributed by atoms with Gasteiger partial charge in [0.1, 0.15) is 0 Å². The van der Waals surface area contributed by atoms with Gasteiger partial charge in [0.15, 0.2) is 5.13 Å². The molecule has 2 aromatic heterocycles. The van der Waals surface area contributed by atoms with Crippen molar-refractivity contribution >= 4 is 17.0 Å². The molecule has 2 heterocycles. The third-order valence-corrected chi connectivity index (χ3v) is 3.23. The number of aromatic nitrogens is 2. The maximum Gasteiger partial charge on any atom is 0.390 e. The Morgan fingerprint density at radius 2 is 2.11 bits per heavy atom. The highest BCUT2D eigenvalue weighted by Gasteiger charge is 2.26. The third kappa shape index (κ3) is 4.55.